The molecule has 0 fully saturated rings. The summed E-state index contributed by atoms with van der Waals surface area (Å²) >= 11 is 0. The number of carbonyl (C=O) groups is 2. The van der Waals surface area contributed by atoms with Crippen molar-refractivity contribution in [1.82, 2.24) is 0 Å². The molecule has 148 valence electrons. The monoisotopic (exact) mass is 381 g/mol. The Bertz CT molecular complexity index is 863. The van der Waals surface area contributed by atoms with Crippen LogP contribution < -0.4 is 9.64 Å². The summed E-state index contributed by atoms with van der Waals surface area (Å²) in [6, 6.07) is 14.7. The van der Waals surface area contributed by atoms with Crippen molar-refractivity contribution >= 4 is 17.4 Å². The van der Waals surface area contributed by atoms with Crippen LogP contribution in [0.5, 0.6) is 5.75 Å². The molecule has 0 saturated heterocycles. The van der Waals surface area contributed by atoms with Crippen LogP contribution in [0.25, 0.3) is 0 Å². The van der Waals surface area contributed by atoms with Crippen molar-refractivity contribution in [3.8, 4) is 5.75 Å². The highest BCUT2D eigenvalue weighted by molar-refractivity contribution is 6.08. The molecule has 1 N–H and O–H groups in total. The third-order valence-corrected chi connectivity index (χ3v) is 5.05. The van der Waals surface area contributed by atoms with Gasteiger partial charge in [-0.3, -0.25) is 9.59 Å². The molecule has 1 amide bonds. The molecule has 2 aromatic rings. The Morgan fingerprint density at radius 3 is 2.57 bits per heavy atom. The Morgan fingerprint density at radius 1 is 1.11 bits per heavy atom. The fraction of sp³-hybridized carbons (Fsp3) is 0.391. The minimum atomic E-state index is -1.81. The number of anilines is 1. The molecule has 0 aromatic heterocycles. The van der Waals surface area contributed by atoms with Gasteiger partial charge >= 0.3 is 0 Å². The lowest BCUT2D eigenvalue weighted by Crippen LogP contribution is -2.41. The van der Waals surface area contributed by atoms with E-state index >= 15 is 0 Å². The molecule has 1 heterocycles. The zero-order valence-corrected chi connectivity index (χ0v) is 16.5. The number of unbranched alkanes of at least 4 members (excludes halogenated alkanes) is 2. The van der Waals surface area contributed by atoms with Gasteiger partial charge < -0.3 is 14.7 Å². The normalized spacial score (nSPS) is 18.2. The Kier molecular flexibility index (Phi) is 6.15. The fourth-order valence-electron chi connectivity index (χ4n) is 3.67. The van der Waals surface area contributed by atoms with Gasteiger partial charge in [-0.25, -0.2) is 0 Å². The van der Waals surface area contributed by atoms with E-state index in [0.29, 0.717) is 17.9 Å². The fourth-order valence-corrected chi connectivity index (χ4v) is 3.67. The highest BCUT2D eigenvalue weighted by Gasteiger charge is 2.50. The van der Waals surface area contributed by atoms with Crippen molar-refractivity contribution in [3.05, 3.63) is 59.7 Å². The van der Waals surface area contributed by atoms with Gasteiger partial charge in [-0.05, 0) is 25.5 Å². The summed E-state index contributed by atoms with van der Waals surface area (Å²) in [4.78, 5) is 26.4. The SMILES string of the molecule is CCCCCOc1ccccc1CN1C(=O)C(O)(CC(C)=O)c2ccccc21. The quantitative estimate of drug-likeness (QED) is 0.668. The summed E-state index contributed by atoms with van der Waals surface area (Å²) in [7, 11) is 0. The first kappa shape index (κ1) is 20.1. The van der Waals surface area contributed by atoms with E-state index in [0.717, 1.165) is 30.6 Å². The summed E-state index contributed by atoms with van der Waals surface area (Å²) in [6.45, 7) is 4.44. The number of Topliss-reactive ketones (excluding diaryl/α,β-unsaturated/α-hetero) is 1. The number of hydrogen-bond acceptors (Lipinski definition) is 4. The van der Waals surface area contributed by atoms with Gasteiger partial charge in [0.1, 0.15) is 11.5 Å². The van der Waals surface area contributed by atoms with Gasteiger partial charge in [-0.15, -0.1) is 0 Å². The van der Waals surface area contributed by atoms with Gasteiger partial charge in [0.05, 0.1) is 18.8 Å². The van der Waals surface area contributed by atoms with Gasteiger partial charge in [0.15, 0.2) is 5.60 Å². The maximum atomic E-state index is 13.1. The highest BCUT2D eigenvalue weighted by atomic mass is 16.5. The minimum absolute atomic E-state index is 0.228. The molecule has 0 aliphatic carbocycles. The number of ether oxygens (including phenoxy) is 1. The molecule has 1 aliphatic rings. The molecule has 0 spiro atoms. The summed E-state index contributed by atoms with van der Waals surface area (Å²) in [5.74, 6) is 0.0442. The predicted molar refractivity (Wildman–Crippen MR) is 108 cm³/mol. The molecule has 5 heteroatoms. The van der Waals surface area contributed by atoms with Crippen LogP contribution in [-0.4, -0.2) is 23.4 Å². The lowest BCUT2D eigenvalue weighted by molar-refractivity contribution is -0.141. The van der Waals surface area contributed by atoms with Gasteiger partial charge in [0.25, 0.3) is 5.91 Å². The standard InChI is InChI=1S/C23H27NO4/c1-3-4-9-14-28-21-13-8-5-10-18(21)16-24-20-12-7-6-11-19(20)23(27,22(24)26)15-17(2)25/h5-8,10-13,27H,3-4,9,14-16H2,1-2H3. The second-order valence-corrected chi connectivity index (χ2v) is 7.31. The number of carbonyl (C=O) groups excluding carboxylic acids is 2. The number of aliphatic hydroxyl groups is 1. The number of para-hydroxylation sites is 2. The molecular weight excluding hydrogens is 354 g/mol. The van der Waals surface area contributed by atoms with E-state index in [2.05, 4.69) is 6.92 Å². The Hall–Kier alpha value is -2.66. The number of amides is 1. The number of benzene rings is 2. The molecule has 1 unspecified atom stereocenters. The molecule has 0 saturated carbocycles. The lowest BCUT2D eigenvalue weighted by atomic mass is 9.90. The van der Waals surface area contributed by atoms with Crippen LogP contribution >= 0.6 is 0 Å². The van der Waals surface area contributed by atoms with E-state index in [1.54, 1.807) is 23.1 Å². The number of hydrogen-bond donors (Lipinski definition) is 1. The molecule has 2 aromatic carbocycles. The van der Waals surface area contributed by atoms with Crippen molar-refractivity contribution in [3.63, 3.8) is 0 Å². The van der Waals surface area contributed by atoms with E-state index in [4.69, 9.17) is 4.74 Å². The maximum Gasteiger partial charge on any atom is 0.264 e. The predicted octanol–water partition coefficient (Wildman–Crippen LogP) is 3.97. The zero-order valence-electron chi connectivity index (χ0n) is 16.5. The van der Waals surface area contributed by atoms with Crippen LogP contribution in [0.2, 0.25) is 0 Å². The lowest BCUT2D eigenvalue weighted by Gasteiger charge is -2.23. The second-order valence-electron chi connectivity index (χ2n) is 7.31. The largest absolute Gasteiger partial charge is 0.493 e. The van der Waals surface area contributed by atoms with Crippen LogP contribution in [0.3, 0.4) is 0 Å². The van der Waals surface area contributed by atoms with Crippen LogP contribution in [0, 0.1) is 0 Å². The number of nitrogens with zero attached hydrogens (tertiary/aromatic N) is 1. The highest BCUT2D eigenvalue weighted by Crippen LogP contribution is 2.43. The van der Waals surface area contributed by atoms with Crippen LogP contribution in [-0.2, 0) is 21.7 Å². The molecule has 0 radical (unpaired) electrons. The molecule has 3 rings (SSSR count). The van der Waals surface area contributed by atoms with E-state index in [9.17, 15) is 14.7 Å². The average molecular weight is 381 g/mol. The second kappa shape index (κ2) is 8.57. The third kappa shape index (κ3) is 3.94. The molecule has 1 aliphatic heterocycles. The molecule has 28 heavy (non-hydrogen) atoms. The summed E-state index contributed by atoms with van der Waals surface area (Å²) in [6.07, 6.45) is 2.99. The van der Waals surface area contributed by atoms with Crippen molar-refractivity contribution in [2.45, 2.75) is 51.7 Å². The molecular formula is C23H27NO4. The Morgan fingerprint density at radius 2 is 1.82 bits per heavy atom. The summed E-state index contributed by atoms with van der Waals surface area (Å²) in [5.41, 5.74) is 0.183. The first-order valence-electron chi connectivity index (χ1n) is 9.81. The smallest absolute Gasteiger partial charge is 0.264 e. The minimum Gasteiger partial charge on any atom is -0.493 e. The van der Waals surface area contributed by atoms with E-state index < -0.39 is 11.5 Å². The van der Waals surface area contributed by atoms with Gasteiger partial charge in [0, 0.05) is 17.5 Å². The van der Waals surface area contributed by atoms with Crippen molar-refractivity contribution in [2.24, 2.45) is 0 Å². The molecule has 5 nitrogen and oxygen atoms in total. The van der Waals surface area contributed by atoms with Crippen LogP contribution in [0.15, 0.2) is 48.5 Å². The third-order valence-electron chi connectivity index (χ3n) is 5.05. The zero-order chi connectivity index (χ0) is 20.1. The Balaban J connectivity index is 1.87. The maximum absolute atomic E-state index is 13.1. The van der Waals surface area contributed by atoms with Crippen molar-refractivity contribution in [2.75, 3.05) is 11.5 Å². The van der Waals surface area contributed by atoms with Crippen molar-refractivity contribution < 1.29 is 19.4 Å². The van der Waals surface area contributed by atoms with Crippen molar-refractivity contribution in [1.29, 1.82) is 0 Å². The van der Waals surface area contributed by atoms with Crippen LogP contribution in [0.4, 0.5) is 5.69 Å². The molecule has 0 bridgehead atoms. The van der Waals surface area contributed by atoms with E-state index in [1.807, 2.05) is 30.3 Å². The summed E-state index contributed by atoms with van der Waals surface area (Å²) in [5, 5.41) is 11.1. The summed E-state index contributed by atoms with van der Waals surface area (Å²) < 4.78 is 5.93. The average Bonchev–Trinajstić information content (AvgIpc) is 2.88. The number of ketones is 1. The first-order valence-corrected chi connectivity index (χ1v) is 9.81. The topological polar surface area (TPSA) is 66.8 Å². The molecule has 1 atom stereocenters. The van der Waals surface area contributed by atoms with E-state index in [1.165, 1.54) is 6.92 Å². The first-order chi connectivity index (χ1) is 13.5. The van der Waals surface area contributed by atoms with Gasteiger partial charge in [-0.2, -0.15) is 0 Å². The van der Waals surface area contributed by atoms with E-state index in [-0.39, 0.29) is 18.7 Å². The van der Waals surface area contributed by atoms with Gasteiger partial charge in [0.2, 0.25) is 0 Å². The Labute approximate surface area is 165 Å². The van der Waals surface area contributed by atoms with Crippen LogP contribution in [0.1, 0.15) is 50.7 Å². The van der Waals surface area contributed by atoms with Gasteiger partial charge in [-0.1, -0.05) is 56.2 Å². The number of rotatable bonds is 9. The number of fused-ring (bicyclic) bond motifs is 1.